The normalized spacial score (nSPS) is 10.2. The first-order valence-corrected chi connectivity index (χ1v) is 5.95. The molecule has 0 fully saturated rings. The Morgan fingerprint density at radius 3 is 2.67 bits per heavy atom. The van der Waals surface area contributed by atoms with Crippen LogP contribution in [0.4, 0.5) is 5.69 Å². The Balaban J connectivity index is 2.18. The first kappa shape index (κ1) is 12.6. The molecule has 0 spiro atoms. The highest BCUT2D eigenvalue weighted by atomic mass is 35.5. The lowest BCUT2D eigenvalue weighted by Crippen LogP contribution is -2.13. The number of benzene rings is 1. The summed E-state index contributed by atoms with van der Waals surface area (Å²) in [5, 5.41) is 3.40. The fourth-order valence-corrected chi connectivity index (χ4v) is 1.72. The monoisotopic (exact) mass is 260 g/mol. The molecule has 0 saturated carbocycles. The third-order valence-electron chi connectivity index (χ3n) is 2.55. The molecule has 0 aliphatic heterocycles. The summed E-state index contributed by atoms with van der Waals surface area (Å²) >= 11 is 6.00. The summed E-state index contributed by atoms with van der Waals surface area (Å²) in [6.45, 7) is 3.76. The molecule has 92 valence electrons. The third kappa shape index (κ3) is 2.87. The highest BCUT2D eigenvalue weighted by molar-refractivity contribution is 6.31. The molecule has 2 aromatic rings. The number of carbonyl (C=O) groups is 1. The summed E-state index contributed by atoms with van der Waals surface area (Å²) in [6.07, 6.45) is 0. The summed E-state index contributed by atoms with van der Waals surface area (Å²) in [6, 6.07) is 10.7. The Bertz CT molecular complexity index is 596. The van der Waals surface area contributed by atoms with Crippen LogP contribution in [-0.4, -0.2) is 10.9 Å². The van der Waals surface area contributed by atoms with E-state index in [4.69, 9.17) is 11.6 Å². The number of amides is 1. The van der Waals surface area contributed by atoms with E-state index < -0.39 is 0 Å². The quantitative estimate of drug-likeness (QED) is 0.896. The Morgan fingerprint density at radius 1 is 1.22 bits per heavy atom. The lowest BCUT2D eigenvalue weighted by Gasteiger charge is -2.06. The Kier molecular flexibility index (Phi) is 3.63. The van der Waals surface area contributed by atoms with Gasteiger partial charge in [0.15, 0.2) is 0 Å². The number of nitrogens with one attached hydrogen (secondary N) is 1. The molecule has 1 aromatic heterocycles. The van der Waals surface area contributed by atoms with Crippen molar-refractivity contribution >= 4 is 23.2 Å². The van der Waals surface area contributed by atoms with Gasteiger partial charge in [-0.05, 0) is 43.7 Å². The molecule has 1 aromatic carbocycles. The van der Waals surface area contributed by atoms with Gasteiger partial charge in [0, 0.05) is 16.4 Å². The van der Waals surface area contributed by atoms with Crippen LogP contribution in [-0.2, 0) is 0 Å². The van der Waals surface area contributed by atoms with Crippen molar-refractivity contribution in [1.29, 1.82) is 0 Å². The van der Waals surface area contributed by atoms with Gasteiger partial charge in [-0.15, -0.1) is 0 Å². The second kappa shape index (κ2) is 5.19. The van der Waals surface area contributed by atoms with Crippen LogP contribution in [0.15, 0.2) is 36.4 Å². The molecule has 0 atom stereocenters. The van der Waals surface area contributed by atoms with Crippen molar-refractivity contribution < 1.29 is 4.79 Å². The van der Waals surface area contributed by atoms with Gasteiger partial charge in [0.2, 0.25) is 0 Å². The van der Waals surface area contributed by atoms with Crippen molar-refractivity contribution in [3.05, 3.63) is 58.4 Å². The molecule has 3 nitrogen and oxygen atoms in total. The van der Waals surface area contributed by atoms with Crippen LogP contribution < -0.4 is 5.32 Å². The molecule has 0 bridgehead atoms. The molecular weight excluding hydrogens is 248 g/mol. The number of hydrogen-bond acceptors (Lipinski definition) is 2. The maximum absolute atomic E-state index is 11.9. The fourth-order valence-electron chi connectivity index (χ4n) is 1.54. The molecule has 18 heavy (non-hydrogen) atoms. The molecule has 0 saturated heterocycles. The summed E-state index contributed by atoms with van der Waals surface area (Å²) in [5.74, 6) is -0.237. The lowest BCUT2D eigenvalue weighted by molar-refractivity contribution is 0.102. The minimum absolute atomic E-state index is 0.237. The summed E-state index contributed by atoms with van der Waals surface area (Å²) < 4.78 is 0. The second-order valence-electron chi connectivity index (χ2n) is 4.08. The van der Waals surface area contributed by atoms with Crippen molar-refractivity contribution in [2.75, 3.05) is 5.32 Å². The fraction of sp³-hybridized carbons (Fsp3) is 0.143. The number of aryl methyl sites for hydroxylation is 2. The standard InChI is InChI=1S/C14H13ClN2O/c1-9-6-7-11(8-12(9)15)17-14(18)13-5-3-4-10(2)16-13/h3-8H,1-2H3,(H,17,18). The van der Waals surface area contributed by atoms with Gasteiger partial charge in [-0.25, -0.2) is 4.98 Å². The van der Waals surface area contributed by atoms with E-state index in [9.17, 15) is 4.79 Å². The summed E-state index contributed by atoms with van der Waals surface area (Å²) in [5.41, 5.74) is 2.85. The van der Waals surface area contributed by atoms with Crippen molar-refractivity contribution in [3.8, 4) is 0 Å². The van der Waals surface area contributed by atoms with Gasteiger partial charge >= 0.3 is 0 Å². The number of aromatic nitrogens is 1. The topological polar surface area (TPSA) is 42.0 Å². The Labute approximate surface area is 111 Å². The van der Waals surface area contributed by atoms with Crippen LogP contribution in [0.2, 0.25) is 5.02 Å². The summed E-state index contributed by atoms with van der Waals surface area (Å²) in [4.78, 5) is 16.1. The first-order chi connectivity index (χ1) is 8.56. The summed E-state index contributed by atoms with van der Waals surface area (Å²) in [7, 11) is 0. The number of rotatable bonds is 2. The predicted molar refractivity (Wildman–Crippen MR) is 73.1 cm³/mol. The highest BCUT2D eigenvalue weighted by Gasteiger charge is 2.08. The van der Waals surface area contributed by atoms with Gasteiger partial charge in [-0.3, -0.25) is 4.79 Å². The van der Waals surface area contributed by atoms with Crippen LogP contribution in [0.3, 0.4) is 0 Å². The largest absolute Gasteiger partial charge is 0.321 e. The number of halogens is 1. The zero-order chi connectivity index (χ0) is 13.1. The van der Waals surface area contributed by atoms with Crippen LogP contribution in [0.25, 0.3) is 0 Å². The second-order valence-corrected chi connectivity index (χ2v) is 4.49. The maximum atomic E-state index is 11.9. The molecule has 1 heterocycles. The van der Waals surface area contributed by atoms with Crippen LogP contribution >= 0.6 is 11.6 Å². The number of pyridine rings is 1. The van der Waals surface area contributed by atoms with Crippen molar-refractivity contribution in [3.63, 3.8) is 0 Å². The van der Waals surface area contributed by atoms with E-state index in [2.05, 4.69) is 10.3 Å². The smallest absolute Gasteiger partial charge is 0.274 e. The van der Waals surface area contributed by atoms with Crippen molar-refractivity contribution in [2.24, 2.45) is 0 Å². The van der Waals surface area contributed by atoms with E-state index in [1.54, 1.807) is 18.2 Å². The van der Waals surface area contributed by atoms with Crippen molar-refractivity contribution in [1.82, 2.24) is 4.98 Å². The number of carbonyl (C=O) groups excluding carboxylic acids is 1. The van der Waals surface area contributed by atoms with Crippen LogP contribution in [0.1, 0.15) is 21.7 Å². The Morgan fingerprint density at radius 2 is 2.00 bits per heavy atom. The average molecular weight is 261 g/mol. The average Bonchev–Trinajstić information content (AvgIpc) is 2.34. The number of nitrogens with zero attached hydrogens (tertiary/aromatic N) is 1. The molecule has 0 aliphatic rings. The van der Waals surface area contributed by atoms with Gasteiger partial charge < -0.3 is 5.32 Å². The molecule has 1 amide bonds. The Hall–Kier alpha value is -1.87. The molecule has 0 radical (unpaired) electrons. The molecule has 0 unspecified atom stereocenters. The van der Waals surface area contributed by atoms with Gasteiger partial charge in [0.25, 0.3) is 5.91 Å². The zero-order valence-electron chi connectivity index (χ0n) is 10.2. The number of anilines is 1. The van der Waals surface area contributed by atoms with E-state index in [0.29, 0.717) is 16.4 Å². The van der Waals surface area contributed by atoms with Gasteiger partial charge in [-0.2, -0.15) is 0 Å². The van der Waals surface area contributed by atoms with E-state index in [1.807, 2.05) is 32.0 Å². The SMILES string of the molecule is Cc1cccc(C(=O)Nc2ccc(C)c(Cl)c2)n1. The minimum atomic E-state index is -0.237. The highest BCUT2D eigenvalue weighted by Crippen LogP contribution is 2.20. The zero-order valence-corrected chi connectivity index (χ0v) is 11.0. The minimum Gasteiger partial charge on any atom is -0.321 e. The number of hydrogen-bond donors (Lipinski definition) is 1. The third-order valence-corrected chi connectivity index (χ3v) is 2.96. The van der Waals surface area contributed by atoms with Gasteiger partial charge in [0.05, 0.1) is 0 Å². The van der Waals surface area contributed by atoms with Crippen LogP contribution in [0, 0.1) is 13.8 Å². The van der Waals surface area contributed by atoms with E-state index in [-0.39, 0.29) is 5.91 Å². The maximum Gasteiger partial charge on any atom is 0.274 e. The molecular formula is C14H13ClN2O. The van der Waals surface area contributed by atoms with E-state index in [0.717, 1.165) is 11.3 Å². The molecule has 4 heteroatoms. The van der Waals surface area contributed by atoms with Crippen molar-refractivity contribution in [2.45, 2.75) is 13.8 Å². The van der Waals surface area contributed by atoms with Gasteiger partial charge in [-0.1, -0.05) is 23.7 Å². The molecule has 1 N–H and O–H groups in total. The van der Waals surface area contributed by atoms with Crippen LogP contribution in [0.5, 0.6) is 0 Å². The van der Waals surface area contributed by atoms with E-state index >= 15 is 0 Å². The molecule has 2 rings (SSSR count). The van der Waals surface area contributed by atoms with E-state index in [1.165, 1.54) is 0 Å². The van der Waals surface area contributed by atoms with Gasteiger partial charge in [0.1, 0.15) is 5.69 Å². The predicted octanol–water partition coefficient (Wildman–Crippen LogP) is 3.60. The first-order valence-electron chi connectivity index (χ1n) is 5.57. The lowest BCUT2D eigenvalue weighted by atomic mass is 10.2. The molecule has 0 aliphatic carbocycles.